The summed E-state index contributed by atoms with van der Waals surface area (Å²) in [7, 11) is 1.82. The molecule has 0 saturated carbocycles. The maximum absolute atomic E-state index is 12.3. The summed E-state index contributed by atoms with van der Waals surface area (Å²) < 4.78 is 0. The van der Waals surface area contributed by atoms with Crippen LogP contribution in [0.5, 0.6) is 0 Å². The summed E-state index contributed by atoms with van der Waals surface area (Å²) in [6.07, 6.45) is 4.07. The maximum atomic E-state index is 12.3. The smallest absolute Gasteiger partial charge is 0.263 e. The van der Waals surface area contributed by atoms with Gasteiger partial charge in [-0.25, -0.2) is 4.98 Å². The number of aromatic nitrogens is 1. The Morgan fingerprint density at radius 1 is 1.47 bits per heavy atom. The lowest BCUT2D eigenvalue weighted by Gasteiger charge is -2.49. The Morgan fingerprint density at radius 2 is 2.21 bits per heavy atom. The minimum Gasteiger partial charge on any atom is -0.365 e. The lowest BCUT2D eigenvalue weighted by atomic mass is 9.79. The number of piperidine rings is 3. The molecule has 3 fully saturated rings. The molecule has 0 aromatic carbocycles. The van der Waals surface area contributed by atoms with Crippen molar-refractivity contribution in [2.45, 2.75) is 31.8 Å². The Bertz CT molecular complexity index is 465. The van der Waals surface area contributed by atoms with Crippen molar-refractivity contribution in [2.75, 3.05) is 25.5 Å². The Labute approximate surface area is 117 Å². The van der Waals surface area contributed by atoms with E-state index < -0.39 is 0 Å². The Hall–Kier alpha value is -1.14. The first kappa shape index (κ1) is 12.9. The molecule has 4 rings (SSSR count). The summed E-state index contributed by atoms with van der Waals surface area (Å²) in [5.74, 6) is 0.658. The van der Waals surface area contributed by atoms with Gasteiger partial charge >= 0.3 is 0 Å². The van der Waals surface area contributed by atoms with Crippen LogP contribution in [-0.4, -0.2) is 48.0 Å². The van der Waals surface area contributed by atoms with Crippen LogP contribution in [0.4, 0.5) is 5.13 Å². The van der Waals surface area contributed by atoms with Gasteiger partial charge in [0.15, 0.2) is 5.13 Å². The van der Waals surface area contributed by atoms with Gasteiger partial charge in [0.25, 0.3) is 5.91 Å². The van der Waals surface area contributed by atoms with Crippen molar-refractivity contribution in [3.05, 3.63) is 11.1 Å². The largest absolute Gasteiger partial charge is 0.365 e. The van der Waals surface area contributed by atoms with Gasteiger partial charge in [-0.3, -0.25) is 9.69 Å². The van der Waals surface area contributed by atoms with Crippen LogP contribution < -0.4 is 10.6 Å². The summed E-state index contributed by atoms with van der Waals surface area (Å²) in [5, 5.41) is 6.96. The molecule has 104 valence electrons. The fraction of sp³-hybridized carbons (Fsp3) is 0.692. The molecular weight excluding hydrogens is 260 g/mol. The van der Waals surface area contributed by atoms with Crippen molar-refractivity contribution in [1.82, 2.24) is 15.2 Å². The Kier molecular flexibility index (Phi) is 3.45. The topological polar surface area (TPSA) is 57.3 Å². The normalized spacial score (nSPS) is 33.2. The molecule has 0 unspecified atom stereocenters. The summed E-state index contributed by atoms with van der Waals surface area (Å²) in [6.45, 7) is 4.59. The highest BCUT2D eigenvalue weighted by molar-refractivity contribution is 7.17. The third-order valence-electron chi connectivity index (χ3n) is 4.42. The quantitative estimate of drug-likeness (QED) is 0.878. The zero-order chi connectivity index (χ0) is 13.4. The predicted molar refractivity (Wildman–Crippen MR) is 76.7 cm³/mol. The average Bonchev–Trinajstić information content (AvgIpc) is 2.92. The molecular formula is C13H20N4OS. The molecule has 0 spiro atoms. The van der Waals surface area contributed by atoms with E-state index in [2.05, 4.69) is 27.4 Å². The zero-order valence-corrected chi connectivity index (χ0v) is 12.2. The number of anilines is 1. The first-order chi connectivity index (χ1) is 9.19. The average molecular weight is 280 g/mol. The molecule has 4 heterocycles. The van der Waals surface area contributed by atoms with Crippen molar-refractivity contribution in [2.24, 2.45) is 5.92 Å². The number of carbonyl (C=O) groups is 1. The van der Waals surface area contributed by atoms with E-state index in [9.17, 15) is 4.79 Å². The number of fused-ring (bicyclic) bond motifs is 3. The molecule has 1 aromatic heterocycles. The standard InChI is InChI=1S/C13H20N4OS/c1-8-11(9-3-5-17(8)6-4-9)16-12(18)10-7-15-13(14-2)19-10/h7-9,11H,3-6H2,1-2H3,(H,14,15)(H,16,18)/t8-,11+/m1/s1. The van der Waals surface area contributed by atoms with E-state index in [0.717, 1.165) is 5.13 Å². The molecule has 3 saturated heterocycles. The van der Waals surface area contributed by atoms with E-state index in [1.165, 1.54) is 37.3 Å². The monoisotopic (exact) mass is 280 g/mol. The van der Waals surface area contributed by atoms with Crippen molar-refractivity contribution in [1.29, 1.82) is 0 Å². The number of amides is 1. The second-order valence-electron chi connectivity index (χ2n) is 5.39. The third-order valence-corrected chi connectivity index (χ3v) is 5.43. The molecule has 1 amide bonds. The van der Waals surface area contributed by atoms with Gasteiger partial charge in [-0.1, -0.05) is 11.3 Å². The molecule has 2 atom stereocenters. The second kappa shape index (κ2) is 5.09. The molecule has 2 N–H and O–H groups in total. The number of thiazole rings is 1. The van der Waals surface area contributed by atoms with Gasteiger partial charge < -0.3 is 10.6 Å². The van der Waals surface area contributed by atoms with Crippen molar-refractivity contribution in [3.8, 4) is 0 Å². The highest BCUT2D eigenvalue weighted by Crippen LogP contribution is 2.32. The lowest BCUT2D eigenvalue weighted by molar-refractivity contribution is 0.0218. The van der Waals surface area contributed by atoms with E-state index in [1.54, 1.807) is 6.20 Å². The minimum atomic E-state index is 0.0181. The van der Waals surface area contributed by atoms with E-state index in [0.29, 0.717) is 16.8 Å². The van der Waals surface area contributed by atoms with Gasteiger partial charge in [0, 0.05) is 19.1 Å². The summed E-state index contributed by atoms with van der Waals surface area (Å²) >= 11 is 1.40. The first-order valence-electron chi connectivity index (χ1n) is 6.87. The minimum absolute atomic E-state index is 0.0181. The molecule has 2 bridgehead atoms. The fourth-order valence-corrected chi connectivity index (χ4v) is 3.94. The summed E-state index contributed by atoms with van der Waals surface area (Å²) in [6, 6.07) is 0.739. The molecule has 3 aliphatic heterocycles. The van der Waals surface area contributed by atoms with Gasteiger partial charge in [-0.05, 0) is 38.8 Å². The zero-order valence-electron chi connectivity index (χ0n) is 11.3. The molecule has 1 aromatic rings. The number of nitrogens with one attached hydrogen (secondary N) is 2. The fourth-order valence-electron chi connectivity index (χ4n) is 3.26. The number of carbonyl (C=O) groups excluding carboxylic acids is 1. The lowest BCUT2D eigenvalue weighted by Crippen LogP contribution is -2.62. The third kappa shape index (κ3) is 2.34. The maximum Gasteiger partial charge on any atom is 0.263 e. The SMILES string of the molecule is CNc1ncc(C(=O)N[C@@H]2C3CCN(CC3)[C@@H]2C)s1. The molecule has 0 radical (unpaired) electrons. The van der Waals surface area contributed by atoms with E-state index >= 15 is 0 Å². The van der Waals surface area contributed by atoms with Gasteiger partial charge in [0.2, 0.25) is 0 Å². The first-order valence-corrected chi connectivity index (χ1v) is 7.69. The van der Waals surface area contributed by atoms with E-state index in [1.807, 2.05) is 7.05 Å². The Morgan fingerprint density at radius 3 is 2.79 bits per heavy atom. The number of rotatable bonds is 3. The van der Waals surface area contributed by atoms with Gasteiger partial charge in [0.05, 0.1) is 6.20 Å². The van der Waals surface area contributed by atoms with Gasteiger partial charge in [0.1, 0.15) is 4.88 Å². The second-order valence-corrected chi connectivity index (χ2v) is 6.42. The van der Waals surface area contributed by atoms with E-state index in [4.69, 9.17) is 0 Å². The van der Waals surface area contributed by atoms with Gasteiger partial charge in [-0.2, -0.15) is 0 Å². The number of hydrogen-bond acceptors (Lipinski definition) is 5. The van der Waals surface area contributed by atoms with Gasteiger partial charge in [-0.15, -0.1) is 0 Å². The van der Waals surface area contributed by atoms with Crippen molar-refractivity contribution >= 4 is 22.4 Å². The predicted octanol–water partition coefficient (Wildman–Crippen LogP) is 1.40. The van der Waals surface area contributed by atoms with Crippen LogP contribution in [-0.2, 0) is 0 Å². The van der Waals surface area contributed by atoms with Crippen LogP contribution in [0.15, 0.2) is 6.20 Å². The van der Waals surface area contributed by atoms with Crippen LogP contribution in [0.25, 0.3) is 0 Å². The van der Waals surface area contributed by atoms with Crippen LogP contribution >= 0.6 is 11.3 Å². The summed E-state index contributed by atoms with van der Waals surface area (Å²) in [4.78, 5) is 19.6. The van der Waals surface area contributed by atoms with Crippen LogP contribution in [0.1, 0.15) is 29.4 Å². The highest BCUT2D eigenvalue weighted by Gasteiger charge is 2.40. The molecule has 3 aliphatic rings. The van der Waals surface area contributed by atoms with Crippen molar-refractivity contribution < 1.29 is 4.79 Å². The summed E-state index contributed by atoms with van der Waals surface area (Å²) in [5.41, 5.74) is 0. The molecule has 0 aliphatic carbocycles. The van der Waals surface area contributed by atoms with Crippen LogP contribution in [0.3, 0.4) is 0 Å². The number of hydrogen-bond donors (Lipinski definition) is 2. The van der Waals surface area contributed by atoms with Crippen LogP contribution in [0, 0.1) is 5.92 Å². The molecule has 6 heteroatoms. The van der Waals surface area contributed by atoms with Crippen molar-refractivity contribution in [3.63, 3.8) is 0 Å². The molecule has 5 nitrogen and oxygen atoms in total. The van der Waals surface area contributed by atoms with E-state index in [-0.39, 0.29) is 11.9 Å². The number of nitrogens with zero attached hydrogens (tertiary/aromatic N) is 2. The molecule has 19 heavy (non-hydrogen) atoms. The Balaban J connectivity index is 1.69. The highest BCUT2D eigenvalue weighted by atomic mass is 32.1. The van der Waals surface area contributed by atoms with Crippen LogP contribution in [0.2, 0.25) is 0 Å².